The number of rotatable bonds is 4. The van der Waals surface area contributed by atoms with E-state index < -0.39 is 0 Å². The van der Waals surface area contributed by atoms with E-state index in [1.54, 1.807) is 6.20 Å². The van der Waals surface area contributed by atoms with Crippen LogP contribution in [0.1, 0.15) is 11.1 Å². The lowest BCUT2D eigenvalue weighted by atomic mass is 10.1. The van der Waals surface area contributed by atoms with Gasteiger partial charge in [-0.15, -0.1) is 0 Å². The third-order valence-electron chi connectivity index (χ3n) is 3.65. The Morgan fingerprint density at radius 2 is 2.05 bits per heavy atom. The van der Waals surface area contributed by atoms with Crippen LogP contribution < -0.4 is 5.73 Å². The molecule has 6 heteroatoms. The van der Waals surface area contributed by atoms with E-state index in [1.165, 1.54) is 11.1 Å². The summed E-state index contributed by atoms with van der Waals surface area (Å²) in [6.07, 6.45) is 3.77. The molecule has 1 aromatic carbocycles. The van der Waals surface area contributed by atoms with E-state index in [1.807, 2.05) is 28.7 Å². The van der Waals surface area contributed by atoms with Crippen LogP contribution in [0.2, 0.25) is 0 Å². The summed E-state index contributed by atoms with van der Waals surface area (Å²) in [5, 5.41) is 4.24. The van der Waals surface area contributed by atoms with Crippen molar-refractivity contribution in [2.75, 3.05) is 24.6 Å². The topological polar surface area (TPSA) is 59.4 Å². The van der Waals surface area contributed by atoms with Crippen LogP contribution >= 0.6 is 11.8 Å². The molecule has 3 rings (SSSR count). The lowest BCUT2D eigenvalue weighted by Crippen LogP contribution is -2.42. The fourth-order valence-corrected chi connectivity index (χ4v) is 3.38. The molecule has 0 unspecified atom stereocenters. The second kappa shape index (κ2) is 7.35. The molecule has 0 bridgehead atoms. The molecule has 116 valence electrons. The third kappa shape index (κ3) is 4.04. The number of aliphatic imine (C=N–C) groups is 1. The van der Waals surface area contributed by atoms with Gasteiger partial charge in [-0.3, -0.25) is 4.68 Å². The average molecular weight is 315 g/mol. The Hall–Kier alpha value is -1.95. The van der Waals surface area contributed by atoms with Crippen molar-refractivity contribution in [1.82, 2.24) is 14.7 Å². The third-order valence-corrected chi connectivity index (χ3v) is 4.60. The molecule has 1 aliphatic heterocycles. The van der Waals surface area contributed by atoms with Gasteiger partial charge in [0, 0.05) is 37.0 Å². The molecule has 1 fully saturated rings. The monoisotopic (exact) mass is 315 g/mol. The van der Waals surface area contributed by atoms with Crippen molar-refractivity contribution in [2.24, 2.45) is 10.7 Å². The fourth-order valence-electron chi connectivity index (χ4n) is 2.47. The van der Waals surface area contributed by atoms with E-state index in [2.05, 4.69) is 39.3 Å². The first-order chi connectivity index (χ1) is 10.8. The lowest BCUT2D eigenvalue weighted by Gasteiger charge is -2.27. The Bertz CT molecular complexity index is 617. The molecule has 0 radical (unpaired) electrons. The number of aromatic nitrogens is 2. The van der Waals surface area contributed by atoms with Crippen LogP contribution in [0.25, 0.3) is 0 Å². The molecule has 0 amide bonds. The first-order valence-electron chi connectivity index (χ1n) is 7.49. The van der Waals surface area contributed by atoms with Crippen LogP contribution in [0.5, 0.6) is 0 Å². The Morgan fingerprint density at radius 1 is 1.23 bits per heavy atom. The predicted octanol–water partition coefficient (Wildman–Crippen LogP) is 1.79. The summed E-state index contributed by atoms with van der Waals surface area (Å²) < 4.78 is 1.92. The second-order valence-corrected chi connectivity index (χ2v) is 6.52. The Morgan fingerprint density at radius 3 is 2.82 bits per heavy atom. The molecule has 1 saturated heterocycles. The number of benzene rings is 1. The molecule has 0 aliphatic carbocycles. The molecule has 2 heterocycles. The van der Waals surface area contributed by atoms with Gasteiger partial charge in [0.2, 0.25) is 0 Å². The van der Waals surface area contributed by atoms with E-state index in [-0.39, 0.29) is 0 Å². The SMILES string of the molecule is NC(=NCc1cccc(Cn2cccn2)c1)N1CCSCC1. The predicted molar refractivity (Wildman–Crippen MR) is 92.0 cm³/mol. The van der Waals surface area contributed by atoms with Crippen molar-refractivity contribution in [1.29, 1.82) is 0 Å². The zero-order valence-corrected chi connectivity index (χ0v) is 13.4. The maximum Gasteiger partial charge on any atom is 0.191 e. The number of guanidine groups is 1. The van der Waals surface area contributed by atoms with Crippen molar-refractivity contribution in [3.63, 3.8) is 0 Å². The van der Waals surface area contributed by atoms with E-state index in [0.717, 1.165) is 31.1 Å². The lowest BCUT2D eigenvalue weighted by molar-refractivity contribution is 0.455. The number of hydrogen-bond acceptors (Lipinski definition) is 3. The zero-order valence-electron chi connectivity index (χ0n) is 12.6. The summed E-state index contributed by atoms with van der Waals surface area (Å²) in [4.78, 5) is 6.72. The minimum atomic E-state index is 0.627. The van der Waals surface area contributed by atoms with Gasteiger partial charge in [-0.2, -0.15) is 16.9 Å². The second-order valence-electron chi connectivity index (χ2n) is 5.30. The van der Waals surface area contributed by atoms with Gasteiger partial charge in [0.1, 0.15) is 0 Å². The molecule has 0 spiro atoms. The minimum Gasteiger partial charge on any atom is -0.370 e. The molecule has 0 atom stereocenters. The van der Waals surface area contributed by atoms with Gasteiger partial charge in [-0.05, 0) is 17.2 Å². The highest BCUT2D eigenvalue weighted by Crippen LogP contribution is 2.11. The van der Waals surface area contributed by atoms with Gasteiger partial charge < -0.3 is 10.6 Å². The summed E-state index contributed by atoms with van der Waals surface area (Å²) in [6, 6.07) is 10.4. The van der Waals surface area contributed by atoms with Gasteiger partial charge in [0.05, 0.1) is 13.1 Å². The number of nitrogens with two attached hydrogens (primary N) is 1. The molecule has 1 aromatic heterocycles. The van der Waals surface area contributed by atoms with Crippen molar-refractivity contribution < 1.29 is 0 Å². The highest BCUT2D eigenvalue weighted by molar-refractivity contribution is 7.99. The first-order valence-corrected chi connectivity index (χ1v) is 8.64. The standard InChI is InChI=1S/C16H21N5S/c17-16(20-7-9-22-10-8-20)18-12-14-3-1-4-15(11-14)13-21-6-2-5-19-21/h1-6,11H,7-10,12-13H2,(H2,17,18). The van der Waals surface area contributed by atoms with Gasteiger partial charge in [-0.1, -0.05) is 24.3 Å². The van der Waals surface area contributed by atoms with Crippen LogP contribution in [-0.4, -0.2) is 45.2 Å². The van der Waals surface area contributed by atoms with Crippen LogP contribution in [0.4, 0.5) is 0 Å². The van der Waals surface area contributed by atoms with Crippen LogP contribution in [-0.2, 0) is 13.1 Å². The van der Waals surface area contributed by atoms with Gasteiger partial charge >= 0.3 is 0 Å². The molecular formula is C16H21N5S. The maximum atomic E-state index is 6.10. The van der Waals surface area contributed by atoms with Crippen LogP contribution in [0, 0.1) is 0 Å². The zero-order chi connectivity index (χ0) is 15.2. The number of thioether (sulfide) groups is 1. The molecule has 2 aromatic rings. The highest BCUT2D eigenvalue weighted by Gasteiger charge is 2.11. The summed E-state index contributed by atoms with van der Waals surface area (Å²) in [6.45, 7) is 3.41. The summed E-state index contributed by atoms with van der Waals surface area (Å²) in [5.74, 6) is 2.93. The van der Waals surface area contributed by atoms with Crippen molar-refractivity contribution in [3.05, 3.63) is 53.9 Å². The Kier molecular flexibility index (Phi) is 5.00. The van der Waals surface area contributed by atoms with Gasteiger partial charge in [0.25, 0.3) is 0 Å². The number of nitrogens with zero attached hydrogens (tertiary/aromatic N) is 4. The molecule has 1 aliphatic rings. The number of hydrogen-bond donors (Lipinski definition) is 1. The average Bonchev–Trinajstić information content (AvgIpc) is 3.07. The summed E-state index contributed by atoms with van der Waals surface area (Å²) >= 11 is 1.97. The van der Waals surface area contributed by atoms with E-state index in [9.17, 15) is 0 Å². The van der Waals surface area contributed by atoms with Crippen molar-refractivity contribution in [2.45, 2.75) is 13.1 Å². The molecule has 5 nitrogen and oxygen atoms in total. The highest BCUT2D eigenvalue weighted by atomic mass is 32.2. The van der Waals surface area contributed by atoms with Crippen molar-refractivity contribution in [3.8, 4) is 0 Å². The van der Waals surface area contributed by atoms with E-state index in [0.29, 0.717) is 12.5 Å². The Balaban J connectivity index is 1.62. The van der Waals surface area contributed by atoms with Crippen molar-refractivity contribution >= 4 is 17.7 Å². The fraction of sp³-hybridized carbons (Fsp3) is 0.375. The van der Waals surface area contributed by atoms with Crippen LogP contribution in [0.15, 0.2) is 47.7 Å². The quantitative estimate of drug-likeness (QED) is 0.690. The largest absolute Gasteiger partial charge is 0.370 e. The summed E-state index contributed by atoms with van der Waals surface area (Å²) in [5.41, 5.74) is 8.50. The minimum absolute atomic E-state index is 0.627. The summed E-state index contributed by atoms with van der Waals surface area (Å²) in [7, 11) is 0. The smallest absolute Gasteiger partial charge is 0.191 e. The Labute approximate surface area is 135 Å². The first kappa shape index (κ1) is 15.0. The van der Waals surface area contributed by atoms with E-state index >= 15 is 0 Å². The molecular weight excluding hydrogens is 294 g/mol. The van der Waals surface area contributed by atoms with E-state index in [4.69, 9.17) is 5.73 Å². The van der Waals surface area contributed by atoms with Crippen LogP contribution in [0.3, 0.4) is 0 Å². The molecule has 2 N–H and O–H groups in total. The molecule has 0 saturated carbocycles. The maximum absolute atomic E-state index is 6.10. The van der Waals surface area contributed by atoms with Gasteiger partial charge in [0.15, 0.2) is 5.96 Å². The normalized spacial score (nSPS) is 16.0. The van der Waals surface area contributed by atoms with Gasteiger partial charge in [-0.25, -0.2) is 4.99 Å². The molecule has 22 heavy (non-hydrogen) atoms.